The Morgan fingerprint density at radius 3 is 2.88 bits per heavy atom. The minimum atomic E-state index is -0.434. The number of benzene rings is 1. The molecule has 1 heterocycles. The fourth-order valence-corrected chi connectivity index (χ4v) is 3.30. The molecule has 0 atom stereocenters. The van der Waals surface area contributed by atoms with Gasteiger partial charge in [0, 0.05) is 0 Å². The van der Waals surface area contributed by atoms with Crippen LogP contribution in [0.4, 0.5) is 0 Å². The predicted octanol–water partition coefficient (Wildman–Crippen LogP) is 2.38. The van der Waals surface area contributed by atoms with Crippen molar-refractivity contribution in [2.45, 2.75) is 38.6 Å². The molecule has 1 saturated carbocycles. The smallest absolute Gasteiger partial charge is 0.337 e. The summed E-state index contributed by atoms with van der Waals surface area (Å²) in [6, 6.07) is 4.78. The number of ether oxygens (including phenoxy) is 1. The fourth-order valence-electron chi connectivity index (χ4n) is 3.30. The molecule has 6 heteroatoms. The predicted molar refractivity (Wildman–Crippen MR) is 92.0 cm³/mol. The molecule has 0 aliphatic heterocycles. The number of hydrogen-bond acceptors (Lipinski definition) is 5. The van der Waals surface area contributed by atoms with Crippen LogP contribution in [0.2, 0.25) is 0 Å². The van der Waals surface area contributed by atoms with E-state index in [9.17, 15) is 9.59 Å². The van der Waals surface area contributed by atoms with Gasteiger partial charge in [-0.2, -0.15) is 0 Å². The maximum absolute atomic E-state index is 12.2. The number of rotatable bonds is 5. The highest BCUT2D eigenvalue weighted by Gasteiger charge is 2.13. The molecule has 1 aromatic heterocycles. The number of aromatic amines is 1. The molecule has 1 aliphatic carbocycles. The molecule has 1 aromatic carbocycles. The van der Waals surface area contributed by atoms with Crippen LogP contribution in [0.25, 0.3) is 10.9 Å². The van der Waals surface area contributed by atoms with Gasteiger partial charge >= 0.3 is 5.97 Å². The number of nitrogens with zero attached hydrogens (tertiary/aromatic N) is 1. The van der Waals surface area contributed by atoms with Crippen LogP contribution in [0.3, 0.4) is 0 Å². The van der Waals surface area contributed by atoms with Gasteiger partial charge in [0.2, 0.25) is 0 Å². The zero-order chi connectivity index (χ0) is 16.9. The average Bonchev–Trinajstić information content (AvgIpc) is 2.61. The molecule has 3 rings (SSSR count). The van der Waals surface area contributed by atoms with Crippen molar-refractivity contribution in [1.82, 2.24) is 15.3 Å². The second-order valence-electron chi connectivity index (χ2n) is 6.37. The van der Waals surface area contributed by atoms with Crippen molar-refractivity contribution in [3.8, 4) is 0 Å². The van der Waals surface area contributed by atoms with Gasteiger partial charge in [0.15, 0.2) is 0 Å². The summed E-state index contributed by atoms with van der Waals surface area (Å²) < 4.78 is 4.71. The minimum Gasteiger partial charge on any atom is -0.465 e. The van der Waals surface area contributed by atoms with Crippen molar-refractivity contribution in [1.29, 1.82) is 0 Å². The van der Waals surface area contributed by atoms with E-state index in [0.717, 1.165) is 12.5 Å². The first-order chi connectivity index (χ1) is 11.7. The van der Waals surface area contributed by atoms with E-state index >= 15 is 0 Å². The van der Waals surface area contributed by atoms with Gasteiger partial charge in [0.05, 0.1) is 30.1 Å². The molecule has 24 heavy (non-hydrogen) atoms. The first-order valence-electron chi connectivity index (χ1n) is 8.49. The van der Waals surface area contributed by atoms with Crippen LogP contribution in [0.1, 0.15) is 48.3 Å². The highest BCUT2D eigenvalue weighted by atomic mass is 16.5. The number of esters is 1. The van der Waals surface area contributed by atoms with E-state index in [0.29, 0.717) is 28.8 Å². The summed E-state index contributed by atoms with van der Waals surface area (Å²) in [7, 11) is 1.33. The zero-order valence-electron chi connectivity index (χ0n) is 13.9. The number of carbonyl (C=O) groups excluding carboxylic acids is 1. The van der Waals surface area contributed by atoms with Gasteiger partial charge in [-0.3, -0.25) is 4.79 Å². The van der Waals surface area contributed by atoms with Crippen LogP contribution in [0, 0.1) is 5.92 Å². The van der Waals surface area contributed by atoms with Gasteiger partial charge in [-0.25, -0.2) is 9.78 Å². The zero-order valence-corrected chi connectivity index (χ0v) is 13.9. The lowest BCUT2D eigenvalue weighted by Gasteiger charge is -2.21. The lowest BCUT2D eigenvalue weighted by molar-refractivity contribution is 0.0601. The van der Waals surface area contributed by atoms with Crippen molar-refractivity contribution in [2.24, 2.45) is 5.92 Å². The van der Waals surface area contributed by atoms with Crippen molar-refractivity contribution in [2.75, 3.05) is 13.7 Å². The second-order valence-corrected chi connectivity index (χ2v) is 6.37. The van der Waals surface area contributed by atoms with Crippen LogP contribution in [-0.2, 0) is 11.3 Å². The molecule has 2 N–H and O–H groups in total. The Morgan fingerprint density at radius 1 is 1.33 bits per heavy atom. The average molecular weight is 329 g/mol. The Labute approximate surface area is 140 Å². The lowest BCUT2D eigenvalue weighted by atomic mass is 9.89. The summed E-state index contributed by atoms with van der Waals surface area (Å²) in [4.78, 5) is 31.1. The summed E-state index contributed by atoms with van der Waals surface area (Å²) in [6.45, 7) is 1.47. The molecule has 128 valence electrons. The van der Waals surface area contributed by atoms with Crippen molar-refractivity contribution < 1.29 is 9.53 Å². The fraction of sp³-hybridized carbons (Fsp3) is 0.500. The Bertz CT molecular complexity index is 779. The largest absolute Gasteiger partial charge is 0.465 e. The van der Waals surface area contributed by atoms with E-state index < -0.39 is 5.97 Å². The second kappa shape index (κ2) is 7.57. The maximum Gasteiger partial charge on any atom is 0.337 e. The number of nitrogens with one attached hydrogen (secondary N) is 2. The number of aromatic nitrogens is 2. The molecule has 1 fully saturated rings. The summed E-state index contributed by atoms with van der Waals surface area (Å²) >= 11 is 0. The monoisotopic (exact) mass is 329 g/mol. The third-order valence-electron chi connectivity index (χ3n) is 4.63. The number of methoxy groups -OCH3 is 1. The Hall–Kier alpha value is -2.21. The number of H-pyrrole nitrogens is 1. The third-order valence-corrected chi connectivity index (χ3v) is 4.63. The normalized spacial score (nSPS) is 15.5. The molecule has 0 unspecified atom stereocenters. The first kappa shape index (κ1) is 16.6. The maximum atomic E-state index is 12.2. The summed E-state index contributed by atoms with van der Waals surface area (Å²) in [6.07, 6.45) is 6.52. The minimum absolute atomic E-state index is 0.189. The molecule has 0 amide bonds. The molecule has 6 nitrogen and oxygen atoms in total. The van der Waals surface area contributed by atoms with Crippen LogP contribution >= 0.6 is 0 Å². The summed E-state index contributed by atoms with van der Waals surface area (Å²) in [5.74, 6) is 0.873. The summed E-state index contributed by atoms with van der Waals surface area (Å²) in [5.41, 5.74) is 0.714. The molecule has 0 radical (unpaired) electrons. The highest BCUT2D eigenvalue weighted by molar-refractivity contribution is 5.93. The molecule has 0 spiro atoms. The van der Waals surface area contributed by atoms with E-state index in [-0.39, 0.29) is 5.56 Å². The molecule has 0 saturated heterocycles. The Kier molecular flexibility index (Phi) is 5.25. The van der Waals surface area contributed by atoms with Crippen LogP contribution in [0.5, 0.6) is 0 Å². The van der Waals surface area contributed by atoms with Gasteiger partial charge in [-0.1, -0.05) is 19.3 Å². The number of carbonyl (C=O) groups is 1. The van der Waals surface area contributed by atoms with Gasteiger partial charge in [0.25, 0.3) is 5.56 Å². The van der Waals surface area contributed by atoms with Gasteiger partial charge in [-0.05, 0) is 43.5 Å². The van der Waals surface area contributed by atoms with Crippen LogP contribution in [-0.4, -0.2) is 29.6 Å². The molecule has 1 aliphatic rings. The Balaban J connectivity index is 1.73. The van der Waals surface area contributed by atoms with E-state index in [1.165, 1.54) is 39.2 Å². The molecular weight excluding hydrogens is 306 g/mol. The molecule has 0 bridgehead atoms. The topological polar surface area (TPSA) is 84.1 Å². The summed E-state index contributed by atoms with van der Waals surface area (Å²) in [5, 5.41) is 3.86. The van der Waals surface area contributed by atoms with Gasteiger partial charge in [-0.15, -0.1) is 0 Å². The van der Waals surface area contributed by atoms with E-state index in [4.69, 9.17) is 4.74 Å². The number of hydrogen-bond donors (Lipinski definition) is 2. The standard InChI is InChI=1S/C18H23N3O3/c1-24-18(23)13-7-8-14-15(9-13)20-16(21-17(14)22)11-19-10-12-5-3-2-4-6-12/h7-9,12,19H,2-6,10-11H2,1H3,(H,20,21,22). The lowest BCUT2D eigenvalue weighted by Crippen LogP contribution is -2.26. The van der Waals surface area contributed by atoms with E-state index in [2.05, 4.69) is 15.3 Å². The van der Waals surface area contributed by atoms with Crippen molar-refractivity contribution >= 4 is 16.9 Å². The quantitative estimate of drug-likeness (QED) is 0.823. The SMILES string of the molecule is COC(=O)c1ccc2c(=O)[nH]c(CNCC3CCCCC3)nc2c1. The van der Waals surface area contributed by atoms with Gasteiger partial charge in [0.1, 0.15) is 5.82 Å². The number of fused-ring (bicyclic) bond motifs is 1. The van der Waals surface area contributed by atoms with Crippen molar-refractivity contribution in [3.63, 3.8) is 0 Å². The highest BCUT2D eigenvalue weighted by Crippen LogP contribution is 2.22. The van der Waals surface area contributed by atoms with E-state index in [1.54, 1.807) is 18.2 Å². The van der Waals surface area contributed by atoms with Gasteiger partial charge < -0.3 is 15.0 Å². The third kappa shape index (κ3) is 3.82. The Morgan fingerprint density at radius 2 is 2.12 bits per heavy atom. The molecular formula is C18H23N3O3. The first-order valence-corrected chi connectivity index (χ1v) is 8.49. The molecule has 2 aromatic rings. The van der Waals surface area contributed by atoms with Crippen molar-refractivity contribution in [3.05, 3.63) is 39.9 Å². The van der Waals surface area contributed by atoms with Crippen LogP contribution < -0.4 is 10.9 Å². The van der Waals surface area contributed by atoms with Crippen LogP contribution in [0.15, 0.2) is 23.0 Å². The van der Waals surface area contributed by atoms with E-state index in [1.807, 2.05) is 0 Å².